The van der Waals surface area contributed by atoms with Gasteiger partial charge in [-0.15, -0.1) is 0 Å². The third-order valence-electron chi connectivity index (χ3n) is 4.73. The second-order valence-corrected chi connectivity index (χ2v) is 6.72. The minimum Gasteiger partial charge on any atom is -0.465 e. The molecule has 8 heteroatoms. The Labute approximate surface area is 146 Å². The molecule has 2 atom stereocenters. The molecule has 136 valence electrons. The van der Waals surface area contributed by atoms with Crippen LogP contribution < -0.4 is 16.2 Å². The summed E-state index contributed by atoms with van der Waals surface area (Å²) in [6.45, 7) is 4.32. The quantitative estimate of drug-likeness (QED) is 0.777. The Morgan fingerprint density at radius 3 is 2.84 bits per heavy atom. The van der Waals surface area contributed by atoms with Crippen molar-refractivity contribution >= 4 is 17.7 Å². The van der Waals surface area contributed by atoms with Crippen LogP contribution in [0.1, 0.15) is 25.0 Å². The monoisotopic (exact) mass is 348 g/mol. The van der Waals surface area contributed by atoms with E-state index in [1.54, 1.807) is 17.6 Å². The molecule has 3 heterocycles. The van der Waals surface area contributed by atoms with Gasteiger partial charge in [-0.25, -0.2) is 4.79 Å². The number of fused-ring (bicyclic) bond motifs is 4. The van der Waals surface area contributed by atoms with Crippen molar-refractivity contribution in [2.45, 2.75) is 25.8 Å². The molecule has 2 N–H and O–H groups in total. The summed E-state index contributed by atoms with van der Waals surface area (Å²) in [6.07, 6.45) is 1.11. The van der Waals surface area contributed by atoms with Gasteiger partial charge in [-0.3, -0.25) is 9.59 Å². The van der Waals surface area contributed by atoms with Crippen molar-refractivity contribution in [2.24, 2.45) is 5.92 Å². The highest BCUT2D eigenvalue weighted by molar-refractivity contribution is 5.91. The molecule has 1 aromatic heterocycles. The maximum Gasteiger partial charge on any atom is 0.325 e. The van der Waals surface area contributed by atoms with Crippen molar-refractivity contribution < 1.29 is 14.3 Å². The summed E-state index contributed by atoms with van der Waals surface area (Å²) in [5.74, 6) is 0.301. The molecule has 1 aromatic rings. The van der Waals surface area contributed by atoms with E-state index in [9.17, 15) is 14.4 Å². The Bertz CT molecular complexity index is 730. The lowest BCUT2D eigenvalue weighted by molar-refractivity contribution is -0.141. The van der Waals surface area contributed by atoms with Crippen LogP contribution in [-0.2, 0) is 16.1 Å². The molecule has 2 aliphatic rings. The fraction of sp³-hybridized carbons (Fsp3) is 0.588. The van der Waals surface area contributed by atoms with E-state index in [1.165, 1.54) is 0 Å². The van der Waals surface area contributed by atoms with Gasteiger partial charge in [0.05, 0.1) is 6.61 Å². The largest absolute Gasteiger partial charge is 0.465 e. The average Bonchev–Trinajstić information content (AvgIpc) is 2.56. The van der Waals surface area contributed by atoms with Gasteiger partial charge in [0.15, 0.2) is 0 Å². The number of esters is 1. The van der Waals surface area contributed by atoms with Crippen LogP contribution in [-0.4, -0.2) is 54.8 Å². The molecule has 2 aliphatic heterocycles. The standard InChI is InChI=1S/C17H24N4O4/c1-3-25-15(22)7-18-17(24)19-13-4-5-14-12-6-11(8-20(2)10-12)9-21(14)16(13)23/h4-5,11-12H,3,6-10H2,1-2H3,(H2,18,19,24)/t11-,12+/m1/s1. The predicted molar refractivity (Wildman–Crippen MR) is 92.7 cm³/mol. The molecule has 0 aliphatic carbocycles. The number of pyridine rings is 1. The van der Waals surface area contributed by atoms with Crippen LogP contribution >= 0.6 is 0 Å². The fourth-order valence-corrected chi connectivity index (χ4v) is 3.81. The zero-order chi connectivity index (χ0) is 18.0. The number of urea groups is 1. The highest BCUT2D eigenvalue weighted by Gasteiger charge is 2.33. The van der Waals surface area contributed by atoms with Gasteiger partial charge < -0.3 is 24.8 Å². The van der Waals surface area contributed by atoms with E-state index >= 15 is 0 Å². The van der Waals surface area contributed by atoms with Crippen molar-refractivity contribution in [3.05, 3.63) is 28.2 Å². The zero-order valence-corrected chi connectivity index (χ0v) is 14.6. The number of carbonyl (C=O) groups is 2. The number of nitrogens with one attached hydrogen (secondary N) is 2. The van der Waals surface area contributed by atoms with Crippen LogP contribution in [0.5, 0.6) is 0 Å². The topological polar surface area (TPSA) is 92.7 Å². The van der Waals surface area contributed by atoms with E-state index in [2.05, 4.69) is 22.6 Å². The number of piperidine rings is 1. The summed E-state index contributed by atoms with van der Waals surface area (Å²) in [7, 11) is 2.11. The Morgan fingerprint density at radius 1 is 1.28 bits per heavy atom. The number of ether oxygens (including phenoxy) is 1. The van der Waals surface area contributed by atoms with Gasteiger partial charge >= 0.3 is 12.0 Å². The number of likely N-dealkylation sites (tertiary alicyclic amines) is 1. The third kappa shape index (κ3) is 3.84. The van der Waals surface area contributed by atoms with Crippen LogP contribution in [0.2, 0.25) is 0 Å². The normalized spacial score (nSPS) is 22.0. The number of likely N-dealkylation sites (N-methyl/N-ethyl adjacent to an activating group) is 1. The predicted octanol–water partition coefficient (Wildman–Crippen LogP) is 0.582. The summed E-state index contributed by atoms with van der Waals surface area (Å²) in [5.41, 5.74) is 1.06. The first-order valence-corrected chi connectivity index (χ1v) is 8.60. The van der Waals surface area contributed by atoms with Gasteiger partial charge in [0, 0.05) is 31.2 Å². The molecule has 8 nitrogen and oxygen atoms in total. The summed E-state index contributed by atoms with van der Waals surface area (Å²) in [5, 5.41) is 4.92. The van der Waals surface area contributed by atoms with E-state index < -0.39 is 12.0 Å². The van der Waals surface area contributed by atoms with Gasteiger partial charge in [-0.1, -0.05) is 0 Å². The van der Waals surface area contributed by atoms with Crippen LogP contribution in [0.15, 0.2) is 16.9 Å². The van der Waals surface area contributed by atoms with Crippen molar-refractivity contribution in [3.8, 4) is 0 Å². The van der Waals surface area contributed by atoms with Crippen molar-refractivity contribution in [2.75, 3.05) is 38.6 Å². The Balaban J connectivity index is 1.70. The molecule has 25 heavy (non-hydrogen) atoms. The lowest BCUT2D eigenvalue weighted by Crippen LogP contribution is -2.46. The summed E-state index contributed by atoms with van der Waals surface area (Å²) < 4.78 is 6.52. The first-order chi connectivity index (χ1) is 12.0. The van der Waals surface area contributed by atoms with E-state index in [0.29, 0.717) is 18.4 Å². The highest BCUT2D eigenvalue weighted by atomic mass is 16.5. The molecule has 3 rings (SSSR count). The van der Waals surface area contributed by atoms with E-state index in [4.69, 9.17) is 4.74 Å². The van der Waals surface area contributed by atoms with Gasteiger partial charge in [0.25, 0.3) is 5.56 Å². The molecular weight excluding hydrogens is 324 g/mol. The van der Waals surface area contributed by atoms with E-state index in [1.807, 2.05) is 6.07 Å². The number of aromatic nitrogens is 1. The molecule has 2 amide bonds. The number of hydrogen-bond acceptors (Lipinski definition) is 5. The molecule has 0 unspecified atom stereocenters. The number of rotatable bonds is 4. The van der Waals surface area contributed by atoms with E-state index in [-0.39, 0.29) is 24.4 Å². The highest BCUT2D eigenvalue weighted by Crippen LogP contribution is 2.34. The molecule has 1 fully saturated rings. The van der Waals surface area contributed by atoms with Crippen LogP contribution in [0.3, 0.4) is 0 Å². The minimum atomic E-state index is -0.596. The number of amides is 2. The van der Waals surface area contributed by atoms with Gasteiger partial charge in [0.2, 0.25) is 0 Å². The molecule has 0 spiro atoms. The first-order valence-electron chi connectivity index (χ1n) is 8.60. The fourth-order valence-electron chi connectivity index (χ4n) is 3.81. The molecular formula is C17H24N4O4. The maximum absolute atomic E-state index is 12.7. The van der Waals surface area contributed by atoms with Crippen LogP contribution in [0.25, 0.3) is 0 Å². The SMILES string of the molecule is CCOC(=O)CNC(=O)Nc1ccc2n(c1=O)C[C@@H]1C[C@H]2CN(C)C1. The van der Waals surface area contributed by atoms with Crippen molar-refractivity contribution in [1.29, 1.82) is 0 Å². The number of nitrogens with zero attached hydrogens (tertiary/aromatic N) is 2. The molecule has 2 bridgehead atoms. The third-order valence-corrected chi connectivity index (χ3v) is 4.73. The average molecular weight is 348 g/mol. The second kappa shape index (κ2) is 7.26. The maximum atomic E-state index is 12.7. The number of carbonyl (C=O) groups excluding carboxylic acids is 2. The lowest BCUT2D eigenvalue weighted by Gasteiger charge is -2.41. The number of anilines is 1. The van der Waals surface area contributed by atoms with E-state index in [0.717, 1.165) is 25.2 Å². The first kappa shape index (κ1) is 17.5. The zero-order valence-electron chi connectivity index (χ0n) is 14.6. The van der Waals surface area contributed by atoms with Crippen LogP contribution in [0.4, 0.5) is 10.5 Å². The molecule has 1 saturated heterocycles. The minimum absolute atomic E-state index is 0.192. The molecule has 0 saturated carbocycles. The summed E-state index contributed by atoms with van der Waals surface area (Å²) >= 11 is 0. The van der Waals surface area contributed by atoms with Gasteiger partial charge in [-0.05, 0) is 38.4 Å². The Hall–Kier alpha value is -2.35. The Kier molecular flexibility index (Phi) is 5.08. The summed E-state index contributed by atoms with van der Waals surface area (Å²) in [4.78, 5) is 38.2. The molecule has 0 aromatic carbocycles. The van der Waals surface area contributed by atoms with Gasteiger partial charge in [-0.2, -0.15) is 0 Å². The molecule has 0 radical (unpaired) electrons. The second-order valence-electron chi connectivity index (χ2n) is 6.72. The lowest BCUT2D eigenvalue weighted by atomic mass is 9.83. The van der Waals surface area contributed by atoms with Crippen molar-refractivity contribution in [3.63, 3.8) is 0 Å². The Morgan fingerprint density at radius 2 is 2.08 bits per heavy atom. The number of hydrogen-bond donors (Lipinski definition) is 2. The summed E-state index contributed by atoms with van der Waals surface area (Å²) in [6, 6.07) is 2.97. The van der Waals surface area contributed by atoms with Crippen molar-refractivity contribution in [1.82, 2.24) is 14.8 Å². The van der Waals surface area contributed by atoms with Crippen LogP contribution in [0, 0.1) is 5.92 Å². The smallest absolute Gasteiger partial charge is 0.325 e. The van der Waals surface area contributed by atoms with Gasteiger partial charge in [0.1, 0.15) is 12.2 Å².